The van der Waals surface area contributed by atoms with E-state index in [1.165, 1.54) is 7.11 Å². The molecular weight excluding hydrogens is 304 g/mol. The molecular formula is C12H17BrO3S. The Bertz CT molecular complexity index is 480. The standard InChI is InChI=1S/C12H17BrO3S/c1-12(2,8-13)9-17(14,15)11-7-5-4-6-10(11)16-3/h4-7H,8-9H2,1-3H3. The lowest BCUT2D eigenvalue weighted by Gasteiger charge is -2.21. The number of methoxy groups -OCH3 is 1. The Morgan fingerprint density at radius 1 is 1.29 bits per heavy atom. The molecule has 0 atom stereocenters. The molecule has 0 aliphatic carbocycles. The molecule has 0 aromatic heterocycles. The summed E-state index contributed by atoms with van der Waals surface area (Å²) in [4.78, 5) is 0.261. The predicted octanol–water partition coefficient (Wildman–Crippen LogP) is 2.89. The Balaban J connectivity index is 3.14. The van der Waals surface area contributed by atoms with Crippen LogP contribution in [-0.2, 0) is 9.84 Å². The fraction of sp³-hybridized carbons (Fsp3) is 0.500. The summed E-state index contributed by atoms with van der Waals surface area (Å²) < 4.78 is 29.7. The molecule has 0 fully saturated rings. The molecule has 1 aromatic carbocycles. The first-order valence-corrected chi connectivity index (χ1v) is 8.01. The Hall–Kier alpha value is -0.550. The van der Waals surface area contributed by atoms with Crippen LogP contribution >= 0.6 is 15.9 Å². The molecule has 5 heteroatoms. The van der Waals surface area contributed by atoms with Gasteiger partial charge in [-0.3, -0.25) is 0 Å². The van der Waals surface area contributed by atoms with Crippen molar-refractivity contribution in [1.82, 2.24) is 0 Å². The molecule has 0 amide bonds. The highest BCUT2D eigenvalue weighted by Crippen LogP contribution is 2.29. The van der Waals surface area contributed by atoms with Gasteiger partial charge in [-0.25, -0.2) is 8.42 Å². The van der Waals surface area contributed by atoms with Gasteiger partial charge in [0.15, 0.2) is 9.84 Å². The number of hydrogen-bond acceptors (Lipinski definition) is 3. The smallest absolute Gasteiger partial charge is 0.182 e. The fourth-order valence-electron chi connectivity index (χ4n) is 1.51. The number of hydrogen-bond donors (Lipinski definition) is 0. The number of halogens is 1. The van der Waals surface area contributed by atoms with E-state index >= 15 is 0 Å². The quantitative estimate of drug-likeness (QED) is 0.783. The zero-order chi connectivity index (χ0) is 13.1. The van der Waals surface area contributed by atoms with E-state index in [9.17, 15) is 8.42 Å². The normalized spacial score (nSPS) is 12.5. The van der Waals surface area contributed by atoms with Crippen molar-refractivity contribution in [3.8, 4) is 5.75 Å². The van der Waals surface area contributed by atoms with Gasteiger partial charge < -0.3 is 4.74 Å². The van der Waals surface area contributed by atoms with Crippen molar-refractivity contribution in [2.24, 2.45) is 5.41 Å². The van der Waals surface area contributed by atoms with Gasteiger partial charge in [0.05, 0.1) is 12.9 Å². The average molecular weight is 321 g/mol. The maximum Gasteiger partial charge on any atom is 0.182 e. The van der Waals surface area contributed by atoms with Crippen molar-refractivity contribution in [1.29, 1.82) is 0 Å². The van der Waals surface area contributed by atoms with Crippen LogP contribution in [0.25, 0.3) is 0 Å². The molecule has 1 aromatic rings. The highest BCUT2D eigenvalue weighted by atomic mass is 79.9. The van der Waals surface area contributed by atoms with Crippen LogP contribution in [0.3, 0.4) is 0 Å². The highest BCUT2D eigenvalue weighted by molar-refractivity contribution is 9.09. The van der Waals surface area contributed by atoms with E-state index in [4.69, 9.17) is 4.74 Å². The van der Waals surface area contributed by atoms with Crippen molar-refractivity contribution >= 4 is 25.8 Å². The van der Waals surface area contributed by atoms with E-state index in [1.54, 1.807) is 24.3 Å². The van der Waals surface area contributed by atoms with Gasteiger partial charge in [-0.15, -0.1) is 0 Å². The van der Waals surface area contributed by atoms with Crippen LogP contribution < -0.4 is 4.74 Å². The lowest BCUT2D eigenvalue weighted by atomic mass is 10.0. The van der Waals surface area contributed by atoms with E-state index in [0.29, 0.717) is 11.1 Å². The lowest BCUT2D eigenvalue weighted by Crippen LogP contribution is -2.25. The van der Waals surface area contributed by atoms with E-state index < -0.39 is 9.84 Å². The summed E-state index contributed by atoms with van der Waals surface area (Å²) in [7, 11) is -1.85. The fourth-order valence-corrected chi connectivity index (χ4v) is 4.00. The van der Waals surface area contributed by atoms with Crippen molar-refractivity contribution in [2.45, 2.75) is 18.7 Å². The first-order chi connectivity index (χ1) is 7.82. The summed E-state index contributed by atoms with van der Waals surface area (Å²) in [6.07, 6.45) is 0. The molecule has 17 heavy (non-hydrogen) atoms. The SMILES string of the molecule is COc1ccccc1S(=O)(=O)CC(C)(C)CBr. The monoisotopic (exact) mass is 320 g/mol. The summed E-state index contributed by atoms with van der Waals surface area (Å²) in [5, 5.41) is 0.633. The topological polar surface area (TPSA) is 43.4 Å². The highest BCUT2D eigenvalue weighted by Gasteiger charge is 2.28. The molecule has 3 nitrogen and oxygen atoms in total. The summed E-state index contributed by atoms with van der Waals surface area (Å²) in [5.41, 5.74) is -0.306. The first kappa shape index (κ1) is 14.5. The van der Waals surface area contributed by atoms with Crippen LogP contribution in [0.1, 0.15) is 13.8 Å². The molecule has 1 rings (SSSR count). The second-order valence-electron chi connectivity index (χ2n) is 4.71. The van der Waals surface area contributed by atoms with Crippen LogP contribution in [0.2, 0.25) is 0 Å². The Labute approximate surface area is 111 Å². The van der Waals surface area contributed by atoms with Crippen LogP contribution in [-0.4, -0.2) is 26.6 Å². The van der Waals surface area contributed by atoms with Crippen LogP contribution in [0.4, 0.5) is 0 Å². The van der Waals surface area contributed by atoms with Gasteiger partial charge in [0, 0.05) is 5.33 Å². The summed E-state index contributed by atoms with van der Waals surface area (Å²) in [5.74, 6) is 0.490. The molecule has 0 saturated heterocycles. The molecule has 0 unspecified atom stereocenters. The second-order valence-corrected chi connectivity index (χ2v) is 7.23. The van der Waals surface area contributed by atoms with Crippen LogP contribution in [0.5, 0.6) is 5.75 Å². The number of benzene rings is 1. The van der Waals surface area contributed by atoms with Crippen LogP contribution in [0, 0.1) is 5.41 Å². The molecule has 0 heterocycles. The van der Waals surface area contributed by atoms with Gasteiger partial charge in [0.1, 0.15) is 10.6 Å². The minimum atomic E-state index is -3.33. The Kier molecular flexibility index (Phi) is 4.61. The predicted molar refractivity (Wildman–Crippen MR) is 72.6 cm³/mol. The van der Waals surface area contributed by atoms with Gasteiger partial charge in [-0.1, -0.05) is 41.9 Å². The molecule has 96 valence electrons. The molecule has 0 saturated carbocycles. The van der Waals surface area contributed by atoms with Crippen molar-refractivity contribution < 1.29 is 13.2 Å². The van der Waals surface area contributed by atoms with Gasteiger partial charge in [0.25, 0.3) is 0 Å². The zero-order valence-corrected chi connectivity index (χ0v) is 12.6. The van der Waals surface area contributed by atoms with Gasteiger partial charge >= 0.3 is 0 Å². The first-order valence-electron chi connectivity index (χ1n) is 5.24. The van der Waals surface area contributed by atoms with E-state index in [1.807, 2.05) is 13.8 Å². The largest absolute Gasteiger partial charge is 0.495 e. The van der Waals surface area contributed by atoms with Gasteiger partial charge in [0.2, 0.25) is 0 Å². The number of para-hydroxylation sites is 1. The van der Waals surface area contributed by atoms with E-state index in [-0.39, 0.29) is 16.1 Å². The van der Waals surface area contributed by atoms with Crippen molar-refractivity contribution in [3.63, 3.8) is 0 Å². The maximum absolute atomic E-state index is 12.3. The molecule has 0 radical (unpaired) electrons. The lowest BCUT2D eigenvalue weighted by molar-refractivity contribution is 0.401. The number of sulfone groups is 1. The van der Waals surface area contributed by atoms with E-state index in [2.05, 4.69) is 15.9 Å². The third-order valence-corrected chi connectivity index (χ3v) is 6.03. The van der Waals surface area contributed by atoms with Crippen molar-refractivity contribution in [2.75, 3.05) is 18.2 Å². The molecule has 0 aliphatic heterocycles. The number of ether oxygens (including phenoxy) is 1. The van der Waals surface area contributed by atoms with Crippen LogP contribution in [0.15, 0.2) is 29.2 Å². The molecule has 0 spiro atoms. The van der Waals surface area contributed by atoms with Gasteiger partial charge in [-0.2, -0.15) is 0 Å². The third kappa shape index (κ3) is 3.71. The maximum atomic E-state index is 12.3. The Morgan fingerprint density at radius 2 is 1.88 bits per heavy atom. The summed E-state index contributed by atoms with van der Waals surface area (Å²) in [6.45, 7) is 3.82. The summed E-state index contributed by atoms with van der Waals surface area (Å²) >= 11 is 3.34. The second kappa shape index (κ2) is 5.40. The molecule has 0 aliphatic rings. The van der Waals surface area contributed by atoms with Gasteiger partial charge in [-0.05, 0) is 17.5 Å². The number of rotatable bonds is 5. The molecule has 0 bridgehead atoms. The third-order valence-electron chi connectivity index (χ3n) is 2.35. The minimum absolute atomic E-state index is 0.0889. The minimum Gasteiger partial charge on any atom is -0.495 e. The summed E-state index contributed by atoms with van der Waals surface area (Å²) in [6, 6.07) is 6.70. The van der Waals surface area contributed by atoms with E-state index in [0.717, 1.165) is 0 Å². The number of alkyl halides is 1. The Morgan fingerprint density at radius 3 is 2.41 bits per heavy atom. The zero-order valence-electron chi connectivity index (χ0n) is 10.2. The van der Waals surface area contributed by atoms with Crippen molar-refractivity contribution in [3.05, 3.63) is 24.3 Å². The average Bonchev–Trinajstić information content (AvgIpc) is 2.28. The molecule has 0 N–H and O–H groups in total.